The highest BCUT2D eigenvalue weighted by molar-refractivity contribution is 5.28. The average Bonchev–Trinajstić information content (AvgIpc) is 2.52. The molecule has 0 aliphatic rings. The molecule has 0 bridgehead atoms. The summed E-state index contributed by atoms with van der Waals surface area (Å²) in [6, 6.07) is 0. The van der Waals surface area contributed by atoms with E-state index in [-0.39, 0.29) is 5.41 Å². The first-order valence-corrected chi connectivity index (χ1v) is 7.12. The maximum atomic E-state index is 4.58. The Bertz CT molecular complexity index is 391. The number of nitrogens with zero attached hydrogens (tertiary/aromatic N) is 3. The van der Waals surface area contributed by atoms with Gasteiger partial charge < -0.3 is 14.8 Å². The highest BCUT2D eigenvalue weighted by Crippen LogP contribution is 2.22. The fourth-order valence-electron chi connectivity index (χ4n) is 2.47. The van der Waals surface area contributed by atoms with E-state index in [1.807, 2.05) is 0 Å². The number of nitrogens with one attached hydrogen (secondary N) is 1. The number of aromatic nitrogens is 2. The molecule has 0 atom stereocenters. The van der Waals surface area contributed by atoms with E-state index in [9.17, 15) is 0 Å². The van der Waals surface area contributed by atoms with Crippen molar-refractivity contribution in [3.05, 3.63) is 11.9 Å². The summed E-state index contributed by atoms with van der Waals surface area (Å²) in [5.41, 5.74) is 1.30. The van der Waals surface area contributed by atoms with Gasteiger partial charge in [-0.15, -0.1) is 0 Å². The van der Waals surface area contributed by atoms with Crippen LogP contribution in [-0.2, 0) is 6.54 Å². The van der Waals surface area contributed by atoms with Crippen LogP contribution in [0.5, 0.6) is 0 Å². The summed E-state index contributed by atoms with van der Waals surface area (Å²) in [6.07, 6.45) is 2.14. The lowest BCUT2D eigenvalue weighted by Gasteiger charge is -2.29. The molecule has 1 N–H and O–H groups in total. The summed E-state index contributed by atoms with van der Waals surface area (Å²) in [4.78, 5) is 6.83. The molecule has 4 heteroatoms. The largest absolute Gasteiger partial charge is 0.355 e. The summed E-state index contributed by atoms with van der Waals surface area (Å²) in [7, 11) is 4.25. The zero-order valence-electron chi connectivity index (χ0n) is 13.6. The number of hydrogen-bond acceptors (Lipinski definition) is 3. The average molecular weight is 266 g/mol. The minimum atomic E-state index is 0.227. The molecular weight excluding hydrogens is 236 g/mol. The molecule has 1 rings (SSSR count). The predicted octanol–water partition coefficient (Wildman–Crippen LogP) is 2.85. The van der Waals surface area contributed by atoms with E-state index in [1.165, 1.54) is 0 Å². The maximum absolute atomic E-state index is 4.58. The van der Waals surface area contributed by atoms with Gasteiger partial charge in [0.2, 0.25) is 5.95 Å². The molecule has 0 spiro atoms. The van der Waals surface area contributed by atoms with E-state index >= 15 is 0 Å². The Labute approximate surface area is 118 Å². The topological polar surface area (TPSA) is 33.1 Å². The Balaban J connectivity index is 2.76. The molecule has 110 valence electrons. The number of hydrogen-bond donors (Lipinski definition) is 1. The van der Waals surface area contributed by atoms with E-state index < -0.39 is 0 Å². The van der Waals surface area contributed by atoms with Gasteiger partial charge in [-0.1, -0.05) is 27.7 Å². The van der Waals surface area contributed by atoms with E-state index in [1.54, 1.807) is 0 Å². The van der Waals surface area contributed by atoms with Crippen LogP contribution in [0.3, 0.4) is 0 Å². The zero-order chi connectivity index (χ0) is 14.6. The van der Waals surface area contributed by atoms with Gasteiger partial charge in [-0.2, -0.15) is 0 Å². The third-order valence-corrected chi connectivity index (χ3v) is 2.91. The first-order chi connectivity index (χ1) is 8.69. The molecular formula is C15H30N4. The molecule has 0 saturated carbocycles. The Morgan fingerprint density at radius 3 is 2.53 bits per heavy atom. The molecule has 0 aliphatic heterocycles. The molecule has 0 radical (unpaired) electrons. The molecule has 0 fully saturated rings. The first kappa shape index (κ1) is 16.0. The molecule has 0 aromatic carbocycles. The molecule has 0 amide bonds. The Hall–Kier alpha value is -1.03. The van der Waals surface area contributed by atoms with Crippen LogP contribution in [0.4, 0.5) is 5.95 Å². The van der Waals surface area contributed by atoms with Crippen molar-refractivity contribution >= 4 is 5.95 Å². The molecule has 1 aromatic heterocycles. The zero-order valence-corrected chi connectivity index (χ0v) is 13.6. The van der Waals surface area contributed by atoms with Gasteiger partial charge in [0.15, 0.2) is 0 Å². The van der Waals surface area contributed by atoms with E-state index in [4.69, 9.17) is 0 Å². The van der Waals surface area contributed by atoms with Gasteiger partial charge in [0, 0.05) is 25.8 Å². The van der Waals surface area contributed by atoms with Gasteiger partial charge in [0.25, 0.3) is 0 Å². The van der Waals surface area contributed by atoms with Crippen molar-refractivity contribution in [2.45, 2.75) is 41.2 Å². The minimum absolute atomic E-state index is 0.227. The van der Waals surface area contributed by atoms with Crippen molar-refractivity contribution in [2.24, 2.45) is 11.3 Å². The number of rotatable bonds is 7. The predicted molar refractivity (Wildman–Crippen MR) is 82.6 cm³/mol. The van der Waals surface area contributed by atoms with Crippen molar-refractivity contribution in [3.63, 3.8) is 0 Å². The summed E-state index contributed by atoms with van der Waals surface area (Å²) in [6.45, 7) is 14.1. The van der Waals surface area contributed by atoms with Gasteiger partial charge >= 0.3 is 0 Å². The molecule has 4 nitrogen and oxygen atoms in total. The van der Waals surface area contributed by atoms with Crippen LogP contribution in [0.25, 0.3) is 0 Å². The van der Waals surface area contributed by atoms with Crippen molar-refractivity contribution in [2.75, 3.05) is 32.5 Å². The van der Waals surface area contributed by atoms with Gasteiger partial charge in [-0.05, 0) is 32.4 Å². The second-order valence-corrected chi connectivity index (χ2v) is 7.01. The number of aryl methyl sites for hydroxylation is 1. The van der Waals surface area contributed by atoms with Crippen LogP contribution >= 0.6 is 0 Å². The van der Waals surface area contributed by atoms with Gasteiger partial charge in [-0.3, -0.25) is 0 Å². The summed E-state index contributed by atoms with van der Waals surface area (Å²) in [5, 5.41) is 3.45. The lowest BCUT2D eigenvalue weighted by molar-refractivity contribution is 0.212. The van der Waals surface area contributed by atoms with Gasteiger partial charge in [0.1, 0.15) is 0 Å². The van der Waals surface area contributed by atoms with E-state index in [0.29, 0.717) is 5.92 Å². The Kier molecular flexibility index (Phi) is 5.41. The van der Waals surface area contributed by atoms with Crippen LogP contribution in [0.15, 0.2) is 6.20 Å². The number of imidazole rings is 1. The number of anilines is 1. The van der Waals surface area contributed by atoms with E-state index in [2.05, 4.69) is 74.7 Å². The summed E-state index contributed by atoms with van der Waals surface area (Å²) < 4.78 is 2.25. The van der Waals surface area contributed by atoms with Crippen molar-refractivity contribution in [3.8, 4) is 0 Å². The fourth-order valence-corrected chi connectivity index (χ4v) is 2.47. The maximum Gasteiger partial charge on any atom is 0.203 e. The van der Waals surface area contributed by atoms with Crippen LogP contribution in [0.1, 0.15) is 33.4 Å². The Morgan fingerprint density at radius 2 is 2.00 bits per heavy atom. The smallest absolute Gasteiger partial charge is 0.203 e. The molecule has 19 heavy (non-hydrogen) atoms. The van der Waals surface area contributed by atoms with Crippen LogP contribution in [0, 0.1) is 18.3 Å². The molecule has 1 aromatic rings. The SMILES string of the molecule is Cc1cn(CC(C)(C)CN(C)C)c(NCC(C)C)n1. The van der Waals surface area contributed by atoms with Crippen molar-refractivity contribution in [1.29, 1.82) is 0 Å². The standard InChI is InChI=1S/C15H30N4/c1-12(2)8-16-14-17-13(3)9-19(14)11-15(4,5)10-18(6)7/h9,12H,8,10-11H2,1-7H3,(H,16,17). The monoisotopic (exact) mass is 266 g/mol. The van der Waals surface area contributed by atoms with Gasteiger partial charge in [0.05, 0.1) is 5.69 Å². The Morgan fingerprint density at radius 1 is 1.37 bits per heavy atom. The third kappa shape index (κ3) is 5.64. The lowest BCUT2D eigenvalue weighted by atomic mass is 9.93. The van der Waals surface area contributed by atoms with Crippen LogP contribution < -0.4 is 5.32 Å². The van der Waals surface area contributed by atoms with Crippen molar-refractivity contribution < 1.29 is 0 Å². The molecule has 0 unspecified atom stereocenters. The lowest BCUT2D eigenvalue weighted by Crippen LogP contribution is -2.32. The first-order valence-electron chi connectivity index (χ1n) is 7.12. The summed E-state index contributed by atoms with van der Waals surface area (Å²) in [5.74, 6) is 1.62. The molecule has 0 saturated heterocycles. The summed E-state index contributed by atoms with van der Waals surface area (Å²) >= 11 is 0. The second-order valence-electron chi connectivity index (χ2n) is 7.01. The highest BCUT2D eigenvalue weighted by Gasteiger charge is 2.21. The third-order valence-electron chi connectivity index (χ3n) is 2.91. The fraction of sp³-hybridized carbons (Fsp3) is 0.800. The normalized spacial score (nSPS) is 12.5. The van der Waals surface area contributed by atoms with Crippen molar-refractivity contribution in [1.82, 2.24) is 14.5 Å². The van der Waals surface area contributed by atoms with E-state index in [0.717, 1.165) is 31.3 Å². The van der Waals surface area contributed by atoms with Crippen LogP contribution in [0.2, 0.25) is 0 Å². The second kappa shape index (κ2) is 6.42. The van der Waals surface area contributed by atoms with Crippen LogP contribution in [-0.4, -0.2) is 41.6 Å². The molecule has 1 heterocycles. The quantitative estimate of drug-likeness (QED) is 0.824. The highest BCUT2D eigenvalue weighted by atomic mass is 15.2. The minimum Gasteiger partial charge on any atom is -0.355 e. The van der Waals surface area contributed by atoms with Gasteiger partial charge in [-0.25, -0.2) is 4.98 Å². The molecule has 0 aliphatic carbocycles.